The van der Waals surface area contributed by atoms with Gasteiger partial charge in [0.25, 0.3) is 0 Å². The number of anilines is 1. The standard InChI is InChI=1S/C25H30N2O/c1-2-3-4-5-6-7-11-16-24(28)27-23-18-17-21(20-13-9-8-10-14-20)22-15-12-19-26-25(22)23/h8-10,12-15,17-19H,2-7,11,16H2,1H3,(H,27,28). The number of fused-ring (bicyclic) bond motifs is 1. The normalized spacial score (nSPS) is 10.9. The van der Waals surface area contributed by atoms with Crippen molar-refractivity contribution in [1.29, 1.82) is 0 Å². The number of unbranched alkanes of at least 4 members (excludes halogenated alkanes) is 6. The Morgan fingerprint density at radius 3 is 2.39 bits per heavy atom. The van der Waals surface area contributed by atoms with E-state index in [0.717, 1.165) is 40.6 Å². The highest BCUT2D eigenvalue weighted by Crippen LogP contribution is 2.32. The predicted octanol–water partition coefficient (Wildman–Crippen LogP) is 6.98. The van der Waals surface area contributed by atoms with Crippen LogP contribution in [0.15, 0.2) is 60.8 Å². The van der Waals surface area contributed by atoms with Crippen molar-refractivity contribution in [2.24, 2.45) is 0 Å². The summed E-state index contributed by atoms with van der Waals surface area (Å²) in [5, 5.41) is 4.13. The molecule has 0 saturated heterocycles. The molecule has 0 aliphatic carbocycles. The minimum Gasteiger partial charge on any atom is -0.324 e. The number of hydrogen-bond acceptors (Lipinski definition) is 2. The topological polar surface area (TPSA) is 42.0 Å². The molecule has 0 spiro atoms. The Balaban J connectivity index is 1.63. The lowest BCUT2D eigenvalue weighted by molar-refractivity contribution is -0.116. The van der Waals surface area contributed by atoms with Gasteiger partial charge in [0, 0.05) is 18.0 Å². The minimum absolute atomic E-state index is 0.0768. The Hall–Kier alpha value is -2.68. The van der Waals surface area contributed by atoms with Crippen LogP contribution in [0.2, 0.25) is 0 Å². The number of rotatable bonds is 10. The third-order valence-corrected chi connectivity index (χ3v) is 5.14. The van der Waals surface area contributed by atoms with Gasteiger partial charge in [-0.15, -0.1) is 0 Å². The zero-order valence-electron chi connectivity index (χ0n) is 16.8. The summed E-state index contributed by atoms with van der Waals surface area (Å²) in [6, 6.07) is 18.3. The molecule has 3 heteroatoms. The lowest BCUT2D eigenvalue weighted by atomic mass is 10.00. The van der Waals surface area contributed by atoms with Gasteiger partial charge < -0.3 is 5.32 Å². The number of benzene rings is 2. The third kappa shape index (κ3) is 5.41. The van der Waals surface area contributed by atoms with Gasteiger partial charge in [0.2, 0.25) is 5.91 Å². The van der Waals surface area contributed by atoms with E-state index in [-0.39, 0.29) is 5.91 Å². The highest BCUT2D eigenvalue weighted by atomic mass is 16.1. The largest absolute Gasteiger partial charge is 0.324 e. The Kier molecular flexibility index (Phi) is 7.60. The first-order valence-electron chi connectivity index (χ1n) is 10.5. The van der Waals surface area contributed by atoms with Gasteiger partial charge in [-0.25, -0.2) is 0 Å². The van der Waals surface area contributed by atoms with Gasteiger partial charge in [-0.1, -0.05) is 87.9 Å². The van der Waals surface area contributed by atoms with Gasteiger partial charge in [-0.05, 0) is 29.7 Å². The number of nitrogens with zero attached hydrogens (tertiary/aromatic N) is 1. The zero-order chi connectivity index (χ0) is 19.6. The summed E-state index contributed by atoms with van der Waals surface area (Å²) in [4.78, 5) is 17.0. The molecule has 1 heterocycles. The fraction of sp³-hybridized carbons (Fsp3) is 0.360. The van der Waals surface area contributed by atoms with Crippen LogP contribution < -0.4 is 5.32 Å². The number of nitrogens with one attached hydrogen (secondary N) is 1. The lowest BCUT2D eigenvalue weighted by Gasteiger charge is -2.12. The number of hydrogen-bond donors (Lipinski definition) is 1. The van der Waals surface area contributed by atoms with Crippen molar-refractivity contribution in [2.45, 2.75) is 58.3 Å². The number of pyridine rings is 1. The fourth-order valence-electron chi connectivity index (χ4n) is 3.60. The lowest BCUT2D eigenvalue weighted by Crippen LogP contribution is -2.11. The summed E-state index contributed by atoms with van der Waals surface area (Å²) >= 11 is 0. The van der Waals surface area contributed by atoms with E-state index in [1.54, 1.807) is 6.20 Å². The molecule has 1 N–H and O–H groups in total. The summed E-state index contributed by atoms with van der Waals surface area (Å²) < 4.78 is 0. The summed E-state index contributed by atoms with van der Waals surface area (Å²) in [5.41, 5.74) is 3.93. The SMILES string of the molecule is CCCCCCCCCC(=O)Nc1ccc(-c2ccccc2)c2cccnc12. The van der Waals surface area contributed by atoms with E-state index >= 15 is 0 Å². The molecular weight excluding hydrogens is 344 g/mol. The maximum Gasteiger partial charge on any atom is 0.224 e. The van der Waals surface area contributed by atoms with E-state index in [1.807, 2.05) is 30.3 Å². The monoisotopic (exact) mass is 374 g/mol. The van der Waals surface area contributed by atoms with E-state index in [1.165, 1.54) is 32.1 Å². The van der Waals surface area contributed by atoms with E-state index in [2.05, 4.69) is 41.5 Å². The molecule has 146 valence electrons. The van der Waals surface area contributed by atoms with Crippen LogP contribution in [0, 0.1) is 0 Å². The van der Waals surface area contributed by atoms with Crippen molar-refractivity contribution in [3.8, 4) is 11.1 Å². The molecule has 0 radical (unpaired) electrons. The van der Waals surface area contributed by atoms with E-state index in [4.69, 9.17) is 0 Å². The third-order valence-electron chi connectivity index (χ3n) is 5.14. The van der Waals surface area contributed by atoms with Crippen molar-refractivity contribution >= 4 is 22.5 Å². The van der Waals surface area contributed by atoms with E-state index in [0.29, 0.717) is 6.42 Å². The molecule has 0 fully saturated rings. The molecule has 0 aliphatic rings. The molecule has 3 nitrogen and oxygen atoms in total. The fourth-order valence-corrected chi connectivity index (χ4v) is 3.60. The molecular formula is C25H30N2O. The predicted molar refractivity (Wildman–Crippen MR) is 118 cm³/mol. The molecule has 1 aromatic heterocycles. The van der Waals surface area contributed by atoms with Gasteiger partial charge in [-0.2, -0.15) is 0 Å². The first-order valence-corrected chi connectivity index (χ1v) is 10.5. The molecule has 2 aromatic carbocycles. The molecule has 0 saturated carbocycles. The van der Waals surface area contributed by atoms with Gasteiger partial charge in [0.15, 0.2) is 0 Å². The number of carbonyl (C=O) groups excluding carboxylic acids is 1. The smallest absolute Gasteiger partial charge is 0.224 e. The highest BCUT2D eigenvalue weighted by molar-refractivity contribution is 6.05. The maximum absolute atomic E-state index is 12.4. The van der Waals surface area contributed by atoms with Crippen molar-refractivity contribution in [1.82, 2.24) is 4.98 Å². The molecule has 28 heavy (non-hydrogen) atoms. The van der Waals surface area contributed by atoms with Crippen LogP contribution in [-0.4, -0.2) is 10.9 Å². The second-order valence-electron chi connectivity index (χ2n) is 7.35. The van der Waals surface area contributed by atoms with Crippen LogP contribution in [0.3, 0.4) is 0 Å². The van der Waals surface area contributed by atoms with Crippen LogP contribution >= 0.6 is 0 Å². The van der Waals surface area contributed by atoms with Crippen molar-refractivity contribution < 1.29 is 4.79 Å². The average molecular weight is 375 g/mol. The average Bonchev–Trinajstić information content (AvgIpc) is 2.74. The highest BCUT2D eigenvalue weighted by Gasteiger charge is 2.11. The van der Waals surface area contributed by atoms with E-state index < -0.39 is 0 Å². The van der Waals surface area contributed by atoms with Crippen LogP contribution in [0.1, 0.15) is 58.3 Å². The molecule has 1 amide bonds. The van der Waals surface area contributed by atoms with Gasteiger partial charge >= 0.3 is 0 Å². The first-order chi connectivity index (χ1) is 13.8. The molecule has 0 aliphatic heterocycles. The van der Waals surface area contributed by atoms with Gasteiger partial charge in [0.1, 0.15) is 0 Å². The number of amides is 1. The Morgan fingerprint density at radius 2 is 1.61 bits per heavy atom. The van der Waals surface area contributed by atoms with Gasteiger partial charge in [0.05, 0.1) is 11.2 Å². The number of aromatic nitrogens is 1. The Labute approximate surface area is 168 Å². The summed E-state index contributed by atoms with van der Waals surface area (Å²) in [6.07, 6.45) is 10.8. The van der Waals surface area contributed by atoms with Crippen LogP contribution in [0.4, 0.5) is 5.69 Å². The Bertz CT molecular complexity index is 889. The summed E-state index contributed by atoms with van der Waals surface area (Å²) in [6.45, 7) is 2.23. The van der Waals surface area contributed by atoms with Crippen LogP contribution in [0.25, 0.3) is 22.0 Å². The first kappa shape index (κ1) is 20.1. The molecule has 0 atom stereocenters. The zero-order valence-corrected chi connectivity index (χ0v) is 16.8. The molecule has 0 bridgehead atoms. The Morgan fingerprint density at radius 1 is 0.857 bits per heavy atom. The van der Waals surface area contributed by atoms with E-state index in [9.17, 15) is 4.79 Å². The number of carbonyl (C=O) groups is 1. The maximum atomic E-state index is 12.4. The van der Waals surface area contributed by atoms with Crippen molar-refractivity contribution in [3.63, 3.8) is 0 Å². The second-order valence-corrected chi connectivity index (χ2v) is 7.35. The summed E-state index contributed by atoms with van der Waals surface area (Å²) in [5.74, 6) is 0.0768. The molecule has 0 unspecified atom stereocenters. The molecule has 3 rings (SSSR count). The second kappa shape index (κ2) is 10.6. The summed E-state index contributed by atoms with van der Waals surface area (Å²) in [7, 11) is 0. The minimum atomic E-state index is 0.0768. The van der Waals surface area contributed by atoms with Crippen molar-refractivity contribution in [2.75, 3.05) is 5.32 Å². The molecule has 3 aromatic rings. The van der Waals surface area contributed by atoms with Gasteiger partial charge in [-0.3, -0.25) is 9.78 Å². The van der Waals surface area contributed by atoms with Crippen LogP contribution in [0.5, 0.6) is 0 Å². The quantitative estimate of drug-likeness (QED) is 0.389. The van der Waals surface area contributed by atoms with Crippen LogP contribution in [-0.2, 0) is 4.79 Å². The van der Waals surface area contributed by atoms with Crippen molar-refractivity contribution in [3.05, 3.63) is 60.8 Å².